The summed E-state index contributed by atoms with van der Waals surface area (Å²) in [6.07, 6.45) is 1.81. The van der Waals surface area contributed by atoms with Crippen LogP contribution in [0.3, 0.4) is 0 Å². The van der Waals surface area contributed by atoms with Crippen molar-refractivity contribution in [2.75, 3.05) is 18.5 Å². The van der Waals surface area contributed by atoms with E-state index in [1.165, 1.54) is 10.8 Å². The SMILES string of the molecule is CN(CC(=O)c1c[nH]c2ccccc12)c1ccc2ccccc2c1. The van der Waals surface area contributed by atoms with E-state index in [0.29, 0.717) is 6.54 Å². The maximum Gasteiger partial charge on any atom is 0.184 e. The predicted octanol–water partition coefficient (Wildman–Crippen LogP) is 4.64. The van der Waals surface area contributed by atoms with Crippen molar-refractivity contribution in [2.24, 2.45) is 0 Å². The van der Waals surface area contributed by atoms with Crippen molar-refractivity contribution < 1.29 is 4.79 Å². The number of para-hydroxylation sites is 1. The normalized spacial score (nSPS) is 11.0. The number of carbonyl (C=O) groups is 1. The summed E-state index contributed by atoms with van der Waals surface area (Å²) in [6, 6.07) is 22.4. The quantitative estimate of drug-likeness (QED) is 0.557. The zero-order chi connectivity index (χ0) is 16.5. The molecule has 0 bridgehead atoms. The molecule has 0 aliphatic carbocycles. The molecular weight excluding hydrogens is 296 g/mol. The number of benzene rings is 3. The molecule has 0 aliphatic rings. The number of anilines is 1. The maximum absolute atomic E-state index is 12.7. The summed E-state index contributed by atoms with van der Waals surface area (Å²) in [4.78, 5) is 17.9. The minimum Gasteiger partial charge on any atom is -0.367 e. The van der Waals surface area contributed by atoms with Crippen LogP contribution in [0, 0.1) is 0 Å². The molecule has 0 unspecified atom stereocenters. The summed E-state index contributed by atoms with van der Waals surface area (Å²) >= 11 is 0. The number of Topliss-reactive ketones (excluding diaryl/α,β-unsaturated/α-hetero) is 1. The van der Waals surface area contributed by atoms with Gasteiger partial charge in [0.25, 0.3) is 0 Å². The first-order chi connectivity index (χ1) is 11.7. The van der Waals surface area contributed by atoms with Gasteiger partial charge in [-0.15, -0.1) is 0 Å². The third-order valence-corrected chi connectivity index (χ3v) is 4.44. The number of nitrogens with one attached hydrogen (secondary N) is 1. The Balaban J connectivity index is 1.60. The number of carbonyl (C=O) groups excluding carboxylic acids is 1. The van der Waals surface area contributed by atoms with E-state index in [-0.39, 0.29) is 5.78 Å². The highest BCUT2D eigenvalue weighted by Gasteiger charge is 2.14. The molecule has 1 heterocycles. The number of likely N-dealkylation sites (N-methyl/N-ethyl adjacent to an activating group) is 1. The van der Waals surface area contributed by atoms with E-state index in [0.717, 1.165) is 22.2 Å². The molecule has 0 atom stereocenters. The van der Waals surface area contributed by atoms with Gasteiger partial charge in [0.1, 0.15) is 0 Å². The summed E-state index contributed by atoms with van der Waals surface area (Å²) < 4.78 is 0. The molecule has 118 valence electrons. The van der Waals surface area contributed by atoms with Gasteiger partial charge in [0.15, 0.2) is 5.78 Å². The fourth-order valence-corrected chi connectivity index (χ4v) is 3.11. The summed E-state index contributed by atoms with van der Waals surface area (Å²) in [5.41, 5.74) is 2.79. The van der Waals surface area contributed by atoms with Crippen molar-refractivity contribution in [3.05, 3.63) is 78.5 Å². The summed E-state index contributed by atoms with van der Waals surface area (Å²) in [5, 5.41) is 3.37. The Kier molecular flexibility index (Phi) is 3.54. The van der Waals surface area contributed by atoms with Crippen LogP contribution in [0.4, 0.5) is 5.69 Å². The lowest BCUT2D eigenvalue weighted by molar-refractivity contribution is 0.100. The number of aromatic amines is 1. The molecule has 0 radical (unpaired) electrons. The molecule has 0 saturated heterocycles. The first-order valence-electron chi connectivity index (χ1n) is 8.01. The largest absolute Gasteiger partial charge is 0.367 e. The smallest absolute Gasteiger partial charge is 0.184 e. The second-order valence-electron chi connectivity index (χ2n) is 6.06. The Morgan fingerprint density at radius 2 is 1.71 bits per heavy atom. The Hall–Kier alpha value is -3.07. The highest BCUT2D eigenvalue weighted by atomic mass is 16.1. The molecule has 24 heavy (non-hydrogen) atoms. The Morgan fingerprint density at radius 3 is 2.58 bits per heavy atom. The van der Waals surface area contributed by atoms with E-state index >= 15 is 0 Å². The van der Waals surface area contributed by atoms with Crippen molar-refractivity contribution in [3.63, 3.8) is 0 Å². The first kappa shape index (κ1) is 14.5. The van der Waals surface area contributed by atoms with Gasteiger partial charge in [0.05, 0.1) is 6.54 Å². The predicted molar refractivity (Wildman–Crippen MR) is 99.8 cm³/mol. The third kappa shape index (κ3) is 2.54. The van der Waals surface area contributed by atoms with E-state index in [2.05, 4.69) is 35.3 Å². The number of ketones is 1. The van der Waals surface area contributed by atoms with E-state index in [1.54, 1.807) is 6.20 Å². The third-order valence-electron chi connectivity index (χ3n) is 4.44. The van der Waals surface area contributed by atoms with Gasteiger partial charge in [-0.25, -0.2) is 0 Å². The van der Waals surface area contributed by atoms with Crippen molar-refractivity contribution in [1.29, 1.82) is 0 Å². The number of fused-ring (bicyclic) bond motifs is 2. The minimum atomic E-state index is 0.114. The average Bonchev–Trinajstić information content (AvgIpc) is 3.05. The molecule has 1 N–H and O–H groups in total. The standard InChI is InChI=1S/C21H18N2O/c1-23(17-11-10-15-6-2-3-7-16(15)12-17)14-21(24)19-13-22-20-9-5-4-8-18(19)20/h2-13,22H,14H2,1H3. The minimum absolute atomic E-state index is 0.114. The van der Waals surface area contributed by atoms with E-state index in [9.17, 15) is 4.79 Å². The van der Waals surface area contributed by atoms with Gasteiger partial charge in [0.2, 0.25) is 0 Å². The number of nitrogens with zero attached hydrogens (tertiary/aromatic N) is 1. The second-order valence-corrected chi connectivity index (χ2v) is 6.06. The van der Waals surface area contributed by atoms with Gasteiger partial charge in [-0.1, -0.05) is 48.5 Å². The highest BCUT2D eigenvalue weighted by molar-refractivity contribution is 6.09. The van der Waals surface area contributed by atoms with Crippen molar-refractivity contribution in [3.8, 4) is 0 Å². The number of rotatable bonds is 4. The highest BCUT2D eigenvalue weighted by Crippen LogP contribution is 2.23. The molecular formula is C21H18N2O. The second kappa shape index (κ2) is 5.85. The van der Waals surface area contributed by atoms with Crippen molar-refractivity contribution in [1.82, 2.24) is 4.98 Å². The number of hydrogen-bond donors (Lipinski definition) is 1. The van der Waals surface area contributed by atoms with Crippen LogP contribution in [-0.4, -0.2) is 24.4 Å². The summed E-state index contributed by atoms with van der Waals surface area (Å²) in [7, 11) is 1.96. The van der Waals surface area contributed by atoms with Gasteiger partial charge < -0.3 is 9.88 Å². The maximum atomic E-state index is 12.7. The molecule has 0 amide bonds. The number of H-pyrrole nitrogens is 1. The van der Waals surface area contributed by atoms with Gasteiger partial charge in [-0.05, 0) is 29.0 Å². The monoisotopic (exact) mass is 314 g/mol. The summed E-state index contributed by atoms with van der Waals surface area (Å²) in [5.74, 6) is 0.114. The molecule has 1 aromatic heterocycles. The van der Waals surface area contributed by atoms with Crippen LogP contribution in [0.15, 0.2) is 72.9 Å². The molecule has 0 saturated carbocycles. The lowest BCUT2D eigenvalue weighted by atomic mass is 10.1. The Bertz CT molecular complexity index is 1030. The van der Waals surface area contributed by atoms with Crippen LogP contribution in [0.5, 0.6) is 0 Å². The van der Waals surface area contributed by atoms with Crippen molar-refractivity contribution >= 4 is 33.1 Å². The van der Waals surface area contributed by atoms with E-state index in [1.807, 2.05) is 48.3 Å². The van der Waals surface area contributed by atoms with Crippen molar-refractivity contribution in [2.45, 2.75) is 0 Å². The number of aromatic nitrogens is 1. The zero-order valence-corrected chi connectivity index (χ0v) is 13.5. The first-order valence-corrected chi connectivity index (χ1v) is 8.01. The molecule has 3 aromatic carbocycles. The zero-order valence-electron chi connectivity index (χ0n) is 13.5. The lowest BCUT2D eigenvalue weighted by Gasteiger charge is -2.19. The topological polar surface area (TPSA) is 36.1 Å². The molecule has 0 spiro atoms. The lowest BCUT2D eigenvalue weighted by Crippen LogP contribution is -2.25. The van der Waals surface area contributed by atoms with E-state index in [4.69, 9.17) is 0 Å². The fourth-order valence-electron chi connectivity index (χ4n) is 3.11. The van der Waals surface area contributed by atoms with Crippen LogP contribution in [0.2, 0.25) is 0 Å². The van der Waals surface area contributed by atoms with Gasteiger partial charge in [-0.3, -0.25) is 4.79 Å². The van der Waals surface area contributed by atoms with Gasteiger partial charge in [-0.2, -0.15) is 0 Å². The fraction of sp³-hybridized carbons (Fsp3) is 0.0952. The molecule has 0 fully saturated rings. The van der Waals surface area contributed by atoms with Gasteiger partial charge >= 0.3 is 0 Å². The Labute approximate surface area is 140 Å². The summed E-state index contributed by atoms with van der Waals surface area (Å²) in [6.45, 7) is 0.347. The van der Waals surface area contributed by atoms with Crippen LogP contribution < -0.4 is 4.90 Å². The molecule has 3 nitrogen and oxygen atoms in total. The van der Waals surface area contributed by atoms with Crippen LogP contribution in [0.1, 0.15) is 10.4 Å². The Morgan fingerprint density at radius 1 is 0.958 bits per heavy atom. The number of hydrogen-bond acceptors (Lipinski definition) is 2. The molecule has 4 aromatic rings. The molecule has 4 rings (SSSR count). The van der Waals surface area contributed by atoms with Crippen LogP contribution >= 0.6 is 0 Å². The van der Waals surface area contributed by atoms with Crippen LogP contribution in [0.25, 0.3) is 21.7 Å². The average molecular weight is 314 g/mol. The van der Waals surface area contributed by atoms with Crippen LogP contribution in [-0.2, 0) is 0 Å². The molecule has 3 heteroatoms. The molecule has 0 aliphatic heterocycles. The van der Waals surface area contributed by atoms with Gasteiger partial charge in [0, 0.05) is 35.4 Å². The van der Waals surface area contributed by atoms with E-state index < -0.39 is 0 Å².